The zero-order chi connectivity index (χ0) is 13.2. The van der Waals surface area contributed by atoms with Gasteiger partial charge in [-0.15, -0.1) is 11.3 Å². The topological polar surface area (TPSA) is 34.9 Å². The molecule has 0 aliphatic rings. The number of hydrogen-bond donors (Lipinski definition) is 0. The Bertz CT molecular complexity index is 727. The average Bonchev–Trinajstić information content (AvgIpc) is 3.04. The summed E-state index contributed by atoms with van der Waals surface area (Å²) < 4.78 is 2.09. The Balaban J connectivity index is 2.02. The van der Waals surface area contributed by atoms with Gasteiger partial charge in [0.2, 0.25) is 0 Å². The molecule has 3 nitrogen and oxygen atoms in total. The van der Waals surface area contributed by atoms with Crippen LogP contribution in [-0.4, -0.2) is 15.8 Å². The van der Waals surface area contributed by atoms with Gasteiger partial charge in [0.25, 0.3) is 0 Å². The van der Waals surface area contributed by atoms with Crippen molar-refractivity contribution in [3.05, 3.63) is 52.1 Å². The Morgan fingerprint density at radius 1 is 1.37 bits per heavy atom. The van der Waals surface area contributed by atoms with Crippen LogP contribution in [0.25, 0.3) is 10.9 Å². The van der Waals surface area contributed by atoms with Crippen LogP contribution in [0.4, 0.5) is 0 Å². The van der Waals surface area contributed by atoms with Gasteiger partial charge in [-0.05, 0) is 12.5 Å². The van der Waals surface area contributed by atoms with Gasteiger partial charge >= 0.3 is 0 Å². The van der Waals surface area contributed by atoms with E-state index in [0.29, 0.717) is 6.54 Å². The summed E-state index contributed by atoms with van der Waals surface area (Å²) in [5.74, 6) is 0. The minimum Gasteiger partial charge on any atom is -0.341 e. The summed E-state index contributed by atoms with van der Waals surface area (Å²) in [4.78, 5) is 15.7. The van der Waals surface area contributed by atoms with Gasteiger partial charge in [-0.3, -0.25) is 4.79 Å². The molecule has 0 saturated heterocycles. The second kappa shape index (κ2) is 4.97. The van der Waals surface area contributed by atoms with E-state index >= 15 is 0 Å². The number of aldehydes is 1. The fourth-order valence-corrected chi connectivity index (χ4v) is 2.99. The number of carbonyl (C=O) groups excluding carboxylic acids is 1. The molecule has 0 radical (unpaired) electrons. The molecule has 1 aromatic carbocycles. The second-order valence-electron chi connectivity index (χ2n) is 4.43. The van der Waals surface area contributed by atoms with Gasteiger partial charge in [0, 0.05) is 28.0 Å². The van der Waals surface area contributed by atoms with Gasteiger partial charge < -0.3 is 4.57 Å². The fourth-order valence-electron chi connectivity index (χ4n) is 2.26. The van der Waals surface area contributed by atoms with Crippen LogP contribution in [0.3, 0.4) is 0 Å². The number of para-hydroxylation sites is 1. The normalized spacial score (nSPS) is 11.0. The molecular weight excluding hydrogens is 256 g/mol. The Labute approximate surface area is 115 Å². The van der Waals surface area contributed by atoms with Crippen molar-refractivity contribution in [2.75, 3.05) is 0 Å². The quantitative estimate of drug-likeness (QED) is 0.680. The van der Waals surface area contributed by atoms with Crippen molar-refractivity contribution in [1.82, 2.24) is 9.55 Å². The van der Waals surface area contributed by atoms with Crippen LogP contribution in [0.2, 0.25) is 0 Å². The number of fused-ring (bicyclic) bond motifs is 1. The monoisotopic (exact) mass is 270 g/mol. The van der Waals surface area contributed by atoms with E-state index in [1.807, 2.05) is 30.5 Å². The van der Waals surface area contributed by atoms with E-state index in [0.717, 1.165) is 39.9 Å². The molecule has 0 N–H and O–H groups in total. The molecule has 2 heterocycles. The largest absolute Gasteiger partial charge is 0.341 e. The highest BCUT2D eigenvalue weighted by atomic mass is 32.1. The number of aromatic nitrogens is 2. The summed E-state index contributed by atoms with van der Waals surface area (Å²) in [6.45, 7) is 2.82. The third-order valence-electron chi connectivity index (χ3n) is 3.18. The molecule has 2 aromatic heterocycles. The first-order valence-corrected chi connectivity index (χ1v) is 7.16. The van der Waals surface area contributed by atoms with Gasteiger partial charge in [-0.25, -0.2) is 4.98 Å². The first-order chi connectivity index (χ1) is 9.31. The van der Waals surface area contributed by atoms with Gasteiger partial charge in [-0.2, -0.15) is 0 Å². The lowest BCUT2D eigenvalue weighted by Crippen LogP contribution is -1.98. The van der Waals surface area contributed by atoms with Crippen molar-refractivity contribution in [2.45, 2.75) is 19.9 Å². The van der Waals surface area contributed by atoms with E-state index in [1.54, 1.807) is 11.3 Å². The number of rotatable bonds is 4. The van der Waals surface area contributed by atoms with E-state index in [4.69, 9.17) is 0 Å². The minimum absolute atomic E-state index is 0.713. The van der Waals surface area contributed by atoms with Crippen LogP contribution in [0.5, 0.6) is 0 Å². The molecule has 3 rings (SSSR count). The Morgan fingerprint density at radius 2 is 2.21 bits per heavy atom. The number of benzene rings is 1. The maximum Gasteiger partial charge on any atom is 0.152 e. The van der Waals surface area contributed by atoms with Gasteiger partial charge in [0.15, 0.2) is 6.29 Å². The Kier molecular flexibility index (Phi) is 3.17. The van der Waals surface area contributed by atoms with Crippen LogP contribution < -0.4 is 0 Å². The van der Waals surface area contributed by atoms with Crippen LogP contribution in [-0.2, 0) is 13.0 Å². The molecule has 0 aliphatic carbocycles. The lowest BCUT2D eigenvalue weighted by atomic mass is 10.2. The van der Waals surface area contributed by atoms with Crippen LogP contribution in [0.15, 0.2) is 35.8 Å². The van der Waals surface area contributed by atoms with Crippen molar-refractivity contribution in [3.63, 3.8) is 0 Å². The average molecular weight is 270 g/mol. The van der Waals surface area contributed by atoms with Crippen molar-refractivity contribution in [2.24, 2.45) is 0 Å². The number of nitrogens with zero attached hydrogens (tertiary/aromatic N) is 2. The smallest absolute Gasteiger partial charge is 0.152 e. The third kappa shape index (κ3) is 2.19. The Morgan fingerprint density at radius 3 is 2.95 bits per heavy atom. The maximum atomic E-state index is 11.1. The molecule has 0 saturated carbocycles. The lowest BCUT2D eigenvalue weighted by molar-refractivity contribution is 0.112. The zero-order valence-corrected chi connectivity index (χ0v) is 11.5. The summed E-state index contributed by atoms with van der Waals surface area (Å²) in [5, 5.41) is 4.25. The predicted molar refractivity (Wildman–Crippen MR) is 77.9 cm³/mol. The summed E-state index contributed by atoms with van der Waals surface area (Å²) in [7, 11) is 0. The fraction of sp³-hybridized carbons (Fsp3) is 0.200. The predicted octanol–water partition coefficient (Wildman–Crippen LogP) is 3.52. The van der Waals surface area contributed by atoms with E-state index in [-0.39, 0.29) is 0 Å². The second-order valence-corrected chi connectivity index (χ2v) is 5.38. The molecule has 4 heteroatoms. The van der Waals surface area contributed by atoms with Crippen molar-refractivity contribution < 1.29 is 4.79 Å². The molecule has 19 heavy (non-hydrogen) atoms. The van der Waals surface area contributed by atoms with Gasteiger partial charge in [-0.1, -0.05) is 25.1 Å². The molecule has 0 bridgehead atoms. The maximum absolute atomic E-state index is 11.1. The standard InChI is InChI=1S/C15H14N2OS/c1-2-15-16-12(10-19-15)8-17-7-11(9-18)13-5-3-4-6-14(13)17/h3-7,9-10H,2,8H2,1H3. The minimum atomic E-state index is 0.713. The highest BCUT2D eigenvalue weighted by Gasteiger charge is 2.09. The molecule has 0 fully saturated rings. The lowest BCUT2D eigenvalue weighted by Gasteiger charge is -2.02. The highest BCUT2D eigenvalue weighted by molar-refractivity contribution is 7.09. The number of hydrogen-bond acceptors (Lipinski definition) is 3. The van der Waals surface area contributed by atoms with E-state index in [9.17, 15) is 4.79 Å². The zero-order valence-electron chi connectivity index (χ0n) is 10.7. The van der Waals surface area contributed by atoms with E-state index < -0.39 is 0 Å². The molecule has 0 unspecified atom stereocenters. The van der Waals surface area contributed by atoms with Crippen molar-refractivity contribution in [3.8, 4) is 0 Å². The van der Waals surface area contributed by atoms with Crippen molar-refractivity contribution in [1.29, 1.82) is 0 Å². The van der Waals surface area contributed by atoms with Crippen LogP contribution in [0.1, 0.15) is 28.0 Å². The molecule has 3 aromatic rings. The van der Waals surface area contributed by atoms with Gasteiger partial charge in [0.05, 0.1) is 17.2 Å². The highest BCUT2D eigenvalue weighted by Crippen LogP contribution is 2.21. The first-order valence-electron chi connectivity index (χ1n) is 6.28. The summed E-state index contributed by atoms with van der Waals surface area (Å²) in [6, 6.07) is 7.97. The van der Waals surface area contributed by atoms with E-state index in [1.165, 1.54) is 0 Å². The third-order valence-corrected chi connectivity index (χ3v) is 4.22. The molecule has 96 valence electrons. The van der Waals surface area contributed by atoms with Crippen molar-refractivity contribution >= 4 is 28.5 Å². The number of aryl methyl sites for hydroxylation is 1. The van der Waals surface area contributed by atoms with Crippen LogP contribution >= 0.6 is 11.3 Å². The molecular formula is C15H14N2OS. The van der Waals surface area contributed by atoms with Crippen LogP contribution in [0, 0.1) is 0 Å². The number of thiazole rings is 1. The molecule has 0 amide bonds. The van der Waals surface area contributed by atoms with E-state index in [2.05, 4.69) is 21.9 Å². The number of carbonyl (C=O) groups is 1. The summed E-state index contributed by atoms with van der Waals surface area (Å²) in [6.07, 6.45) is 3.79. The summed E-state index contributed by atoms with van der Waals surface area (Å²) in [5.41, 5.74) is 2.87. The molecule has 0 aliphatic heterocycles. The van der Waals surface area contributed by atoms with Gasteiger partial charge in [0.1, 0.15) is 0 Å². The molecule has 0 spiro atoms. The SMILES string of the molecule is CCc1nc(Cn2cc(C=O)c3ccccc32)cs1. The molecule has 0 atom stereocenters. The first kappa shape index (κ1) is 12.1. The Hall–Kier alpha value is -1.94. The summed E-state index contributed by atoms with van der Waals surface area (Å²) >= 11 is 1.69.